The maximum Gasteiger partial charge on any atom is 0.265 e. The number of imide groups is 1. The molecule has 0 spiro atoms. The van der Waals surface area contributed by atoms with E-state index in [1.807, 2.05) is 0 Å². The van der Waals surface area contributed by atoms with E-state index in [-0.39, 0.29) is 11.8 Å². The molecule has 0 N–H and O–H groups in total. The van der Waals surface area contributed by atoms with Gasteiger partial charge in [0.2, 0.25) is 0 Å². The lowest BCUT2D eigenvalue weighted by atomic mass is 10.1. The van der Waals surface area contributed by atoms with Crippen LogP contribution in [0.25, 0.3) is 0 Å². The molecule has 0 unspecified atom stereocenters. The first-order valence-electron chi connectivity index (χ1n) is 8.12. The van der Waals surface area contributed by atoms with Crippen molar-refractivity contribution >= 4 is 39.3 Å². The van der Waals surface area contributed by atoms with Gasteiger partial charge in [-0.1, -0.05) is 28.1 Å². The van der Waals surface area contributed by atoms with Crippen LogP contribution in [-0.2, 0) is 4.79 Å². The third kappa shape index (κ3) is 2.57. The zero-order chi connectivity index (χ0) is 17.6. The largest absolute Gasteiger partial charge is 0.327 e. The second-order valence-corrected chi connectivity index (χ2v) is 7.08. The lowest BCUT2D eigenvalue weighted by Gasteiger charge is -2.24. The van der Waals surface area contributed by atoms with Crippen LogP contribution < -0.4 is 4.90 Å². The average Bonchev–Trinajstić information content (AvgIpc) is 3.09. The maximum absolute atomic E-state index is 13.1. The number of carbonyl (C=O) groups is 3. The zero-order valence-electron chi connectivity index (χ0n) is 13.3. The second kappa shape index (κ2) is 6.11. The van der Waals surface area contributed by atoms with Gasteiger partial charge in [-0.05, 0) is 49.2 Å². The number of carbonyl (C=O) groups excluding carboxylic acids is 3. The summed E-state index contributed by atoms with van der Waals surface area (Å²) in [5.74, 6) is -0.923. The molecule has 2 aliphatic rings. The molecule has 2 heterocycles. The minimum Gasteiger partial charge on any atom is -0.327 e. The van der Waals surface area contributed by atoms with Gasteiger partial charge >= 0.3 is 0 Å². The van der Waals surface area contributed by atoms with E-state index < -0.39 is 11.9 Å². The maximum atomic E-state index is 13.1. The summed E-state index contributed by atoms with van der Waals surface area (Å²) in [5.41, 5.74) is 1.16. The Bertz CT molecular complexity index is 878. The number of amides is 3. The van der Waals surface area contributed by atoms with Gasteiger partial charge in [0, 0.05) is 16.6 Å². The van der Waals surface area contributed by atoms with E-state index in [1.54, 1.807) is 53.4 Å². The Morgan fingerprint density at radius 2 is 1.76 bits per heavy atom. The van der Waals surface area contributed by atoms with Crippen LogP contribution in [0.5, 0.6) is 0 Å². The Morgan fingerprint density at radius 1 is 1.04 bits per heavy atom. The van der Waals surface area contributed by atoms with Crippen LogP contribution in [-0.4, -0.2) is 35.2 Å². The molecule has 1 saturated heterocycles. The van der Waals surface area contributed by atoms with Crippen molar-refractivity contribution in [3.63, 3.8) is 0 Å². The van der Waals surface area contributed by atoms with Crippen LogP contribution in [0.1, 0.15) is 33.6 Å². The number of para-hydroxylation sites is 1. The third-order valence-corrected chi connectivity index (χ3v) is 5.22. The molecule has 1 fully saturated rings. The molecule has 2 aromatic rings. The van der Waals surface area contributed by atoms with E-state index in [0.717, 1.165) is 10.9 Å². The third-order valence-electron chi connectivity index (χ3n) is 4.69. The van der Waals surface area contributed by atoms with E-state index in [4.69, 9.17) is 0 Å². The number of anilines is 1. The molecule has 0 bridgehead atoms. The molecule has 0 radical (unpaired) electrons. The molecule has 1 atom stereocenters. The monoisotopic (exact) mass is 398 g/mol. The van der Waals surface area contributed by atoms with Crippen molar-refractivity contribution in [2.75, 3.05) is 11.4 Å². The molecule has 0 saturated carbocycles. The molecule has 126 valence electrons. The van der Waals surface area contributed by atoms with Crippen molar-refractivity contribution < 1.29 is 14.4 Å². The van der Waals surface area contributed by atoms with Gasteiger partial charge in [0.1, 0.15) is 6.04 Å². The fourth-order valence-corrected chi connectivity index (χ4v) is 3.73. The Morgan fingerprint density at radius 3 is 2.52 bits per heavy atom. The number of halogens is 1. The predicted molar refractivity (Wildman–Crippen MR) is 96.5 cm³/mol. The van der Waals surface area contributed by atoms with Gasteiger partial charge in [0.15, 0.2) is 0 Å². The van der Waals surface area contributed by atoms with Crippen molar-refractivity contribution in [2.45, 2.75) is 18.9 Å². The topological polar surface area (TPSA) is 57.7 Å². The fourth-order valence-electron chi connectivity index (χ4n) is 3.47. The van der Waals surface area contributed by atoms with Crippen molar-refractivity contribution in [3.05, 3.63) is 64.1 Å². The van der Waals surface area contributed by atoms with Gasteiger partial charge in [0.25, 0.3) is 17.7 Å². The Balaban J connectivity index is 1.85. The Hall–Kier alpha value is -2.47. The van der Waals surface area contributed by atoms with Crippen LogP contribution in [0, 0.1) is 0 Å². The number of rotatable bonds is 1. The summed E-state index contributed by atoms with van der Waals surface area (Å²) in [6.45, 7) is 0.546. The summed E-state index contributed by atoms with van der Waals surface area (Å²) in [4.78, 5) is 41.8. The molecule has 3 amide bonds. The Kier molecular flexibility index (Phi) is 3.92. The molecule has 5 nitrogen and oxygen atoms in total. The van der Waals surface area contributed by atoms with E-state index >= 15 is 0 Å². The van der Waals surface area contributed by atoms with Crippen molar-refractivity contribution in [2.24, 2.45) is 0 Å². The van der Waals surface area contributed by atoms with E-state index in [9.17, 15) is 14.4 Å². The summed E-state index contributed by atoms with van der Waals surface area (Å²) in [6.07, 6.45) is 1.35. The van der Waals surface area contributed by atoms with Crippen LogP contribution in [0.15, 0.2) is 53.0 Å². The summed E-state index contributed by atoms with van der Waals surface area (Å²) < 4.78 is 0.851. The molecule has 4 rings (SSSR count). The molecule has 25 heavy (non-hydrogen) atoms. The number of benzene rings is 2. The van der Waals surface area contributed by atoms with Crippen LogP contribution in [0.3, 0.4) is 0 Å². The van der Waals surface area contributed by atoms with E-state index in [2.05, 4.69) is 15.9 Å². The first-order chi connectivity index (χ1) is 12.1. The summed E-state index contributed by atoms with van der Waals surface area (Å²) in [5, 5.41) is 0. The normalized spacial score (nSPS) is 19.5. The quantitative estimate of drug-likeness (QED) is 0.692. The molecule has 6 heteroatoms. The van der Waals surface area contributed by atoms with Gasteiger partial charge < -0.3 is 4.90 Å². The van der Waals surface area contributed by atoms with Gasteiger partial charge in [-0.3, -0.25) is 14.4 Å². The fraction of sp³-hybridized carbons (Fsp3) is 0.211. The van der Waals surface area contributed by atoms with Crippen molar-refractivity contribution in [1.82, 2.24) is 4.90 Å². The number of hydrogen-bond acceptors (Lipinski definition) is 3. The lowest BCUT2D eigenvalue weighted by Crippen LogP contribution is -2.47. The van der Waals surface area contributed by atoms with E-state index in [0.29, 0.717) is 29.8 Å². The molecule has 2 aliphatic heterocycles. The molecular formula is C19H15BrN2O3. The van der Waals surface area contributed by atoms with Crippen LogP contribution in [0.4, 0.5) is 5.69 Å². The minimum absolute atomic E-state index is 0.183. The number of nitrogens with zero attached hydrogens (tertiary/aromatic N) is 2. The minimum atomic E-state index is -0.570. The Labute approximate surface area is 153 Å². The van der Waals surface area contributed by atoms with Crippen molar-refractivity contribution in [1.29, 1.82) is 0 Å². The number of hydrogen-bond donors (Lipinski definition) is 0. The standard InChI is InChI=1S/C19H15BrN2O3/c20-13-9-7-12(8-10-13)17(23)22-15-5-2-1-4-14(15)18(24)21-11-3-6-16(21)19(22)25/h1-2,4-5,7-10,16H,3,6,11H2/t16-/m0/s1. The number of fused-ring (bicyclic) bond motifs is 2. The smallest absolute Gasteiger partial charge is 0.265 e. The molecule has 0 aliphatic carbocycles. The predicted octanol–water partition coefficient (Wildman–Crippen LogP) is 3.24. The highest BCUT2D eigenvalue weighted by molar-refractivity contribution is 9.10. The first kappa shape index (κ1) is 16.0. The molecule has 2 aromatic carbocycles. The molecule has 0 aromatic heterocycles. The first-order valence-corrected chi connectivity index (χ1v) is 8.91. The lowest BCUT2D eigenvalue weighted by molar-refractivity contribution is -0.121. The average molecular weight is 399 g/mol. The van der Waals surface area contributed by atoms with Crippen molar-refractivity contribution in [3.8, 4) is 0 Å². The highest BCUT2D eigenvalue weighted by atomic mass is 79.9. The zero-order valence-corrected chi connectivity index (χ0v) is 14.9. The van der Waals surface area contributed by atoms with E-state index in [1.165, 1.54) is 4.90 Å². The van der Waals surface area contributed by atoms with Gasteiger partial charge in [-0.25, -0.2) is 4.90 Å². The highest BCUT2D eigenvalue weighted by Crippen LogP contribution is 2.33. The summed E-state index contributed by atoms with van der Waals surface area (Å²) >= 11 is 3.34. The highest BCUT2D eigenvalue weighted by Gasteiger charge is 2.44. The van der Waals surface area contributed by atoms with Gasteiger partial charge in [-0.2, -0.15) is 0 Å². The van der Waals surface area contributed by atoms with Crippen LogP contribution >= 0.6 is 15.9 Å². The molecular weight excluding hydrogens is 384 g/mol. The van der Waals surface area contributed by atoms with Gasteiger partial charge in [0.05, 0.1) is 11.3 Å². The summed E-state index contributed by atoms with van der Waals surface area (Å²) in [7, 11) is 0. The van der Waals surface area contributed by atoms with Gasteiger partial charge in [-0.15, -0.1) is 0 Å². The SMILES string of the molecule is O=C(c1ccc(Br)cc1)N1C(=O)[C@@H]2CCCN2C(=O)c2ccccc21. The second-order valence-electron chi connectivity index (χ2n) is 6.16. The summed E-state index contributed by atoms with van der Waals surface area (Å²) in [6, 6.07) is 13.1. The van der Waals surface area contributed by atoms with Crippen LogP contribution in [0.2, 0.25) is 0 Å².